The van der Waals surface area contributed by atoms with Crippen molar-refractivity contribution in [1.82, 2.24) is 9.13 Å². The van der Waals surface area contributed by atoms with Crippen molar-refractivity contribution in [3.8, 4) is 11.4 Å². The van der Waals surface area contributed by atoms with Crippen LogP contribution in [0.2, 0.25) is 0 Å². The average Bonchev–Trinajstić information content (AvgIpc) is 0.883. The molecule has 0 fully saturated rings. The predicted octanol–water partition coefficient (Wildman–Crippen LogP) is 22.8. The van der Waals surface area contributed by atoms with Crippen LogP contribution in [0.1, 0.15) is 124 Å². The number of hydrogen-bond donors (Lipinski definition) is 0. The first-order valence-electron chi connectivity index (χ1n) is 32.1. The van der Waals surface area contributed by atoms with Crippen LogP contribution in [0.3, 0.4) is 0 Å². The predicted molar refractivity (Wildman–Crippen MR) is 368 cm³/mol. The van der Waals surface area contributed by atoms with Crippen LogP contribution in [0.15, 0.2) is 206 Å². The number of benzene rings is 12. The number of aryl methyl sites for hydroxylation is 4. The minimum atomic E-state index is 0.253. The highest BCUT2D eigenvalue weighted by molar-refractivity contribution is 6.30. The standard InChI is InChI=1S/C82H74N4/c1-7-53-34-38-57(39-35-53)83-73-28-15-13-26-62(73)70-48-59(42-47-75(70)83)85(71-30-17-22-55-20-9-11-24-60(55)71)78-49-68(51(3)4)63-44-46-67-79(50-69(52(5)6)64-43-45-66(78)80(63)81(64)67)86(72-31-18-23-56-21-10-12-25-61(56)72)77-33-19-32-76-82(77)65-27-14-16-29-74(65)84(76)58-40-36-54(8-2)37-41-58/h13-19,22-23,26-52H,7-12,20-21,24-25H2,1-6H3. The van der Waals surface area contributed by atoms with E-state index in [0.717, 1.165) is 38.5 Å². The quantitative estimate of drug-likeness (QED) is 0.113. The third-order valence-electron chi connectivity index (χ3n) is 19.9. The molecule has 16 rings (SSSR count). The molecule has 2 heterocycles. The number of rotatable bonds is 12. The van der Waals surface area contributed by atoms with Gasteiger partial charge in [0, 0.05) is 60.8 Å². The number of aromatic nitrogens is 2. The Labute approximate surface area is 505 Å². The Balaban J connectivity index is 0.998. The molecular formula is C82H74N4. The normalized spacial score (nSPS) is 13.6. The molecule has 12 aromatic carbocycles. The zero-order chi connectivity index (χ0) is 57.9. The van der Waals surface area contributed by atoms with Gasteiger partial charge in [-0.2, -0.15) is 0 Å². The molecule has 2 aliphatic carbocycles. The smallest absolute Gasteiger partial charge is 0.0562 e. The third kappa shape index (κ3) is 8.15. The Morgan fingerprint density at radius 2 is 0.791 bits per heavy atom. The molecule has 0 saturated heterocycles. The Morgan fingerprint density at radius 1 is 0.337 bits per heavy atom. The molecule has 0 aliphatic heterocycles. The average molecular weight is 1120 g/mol. The summed E-state index contributed by atoms with van der Waals surface area (Å²) in [6.07, 6.45) is 11.2. The van der Waals surface area contributed by atoms with E-state index in [9.17, 15) is 0 Å². The fourth-order valence-electron chi connectivity index (χ4n) is 15.7. The molecule has 2 aromatic heterocycles. The lowest BCUT2D eigenvalue weighted by Gasteiger charge is -2.34. The number of nitrogens with zero attached hydrogens (tertiary/aromatic N) is 4. The van der Waals surface area contributed by atoms with Gasteiger partial charge in [-0.15, -0.1) is 0 Å². The van der Waals surface area contributed by atoms with Gasteiger partial charge in [-0.25, -0.2) is 0 Å². The Kier molecular flexibility index (Phi) is 12.7. The Bertz CT molecular complexity index is 4970. The summed E-state index contributed by atoms with van der Waals surface area (Å²) in [4.78, 5) is 5.40. The van der Waals surface area contributed by atoms with Gasteiger partial charge in [-0.1, -0.05) is 157 Å². The highest BCUT2D eigenvalue weighted by atomic mass is 15.2. The molecule has 0 saturated carbocycles. The van der Waals surface area contributed by atoms with Crippen molar-refractivity contribution in [2.75, 3.05) is 9.80 Å². The molecule has 14 aromatic rings. The van der Waals surface area contributed by atoms with Crippen LogP contribution < -0.4 is 9.80 Å². The van der Waals surface area contributed by atoms with Crippen LogP contribution in [-0.2, 0) is 38.5 Å². The van der Waals surface area contributed by atoms with E-state index in [1.807, 2.05) is 0 Å². The SMILES string of the molecule is CCc1ccc(-n2c3ccccc3c3cc(N(c4cccc5c4CCCC5)c4cc(C(C)C)c5ccc6c(N(c7cccc8c7CCCC8)c7cccc8c7c7ccccc7n8-c7ccc(CC)cc7)cc(C(C)C)c7ccc4c5c76)ccc32)cc1. The van der Waals surface area contributed by atoms with Crippen LogP contribution in [0, 0.1) is 0 Å². The second-order valence-electron chi connectivity index (χ2n) is 25.4. The molecule has 2 aliphatic rings. The maximum atomic E-state index is 2.72. The van der Waals surface area contributed by atoms with E-state index in [-0.39, 0.29) is 11.8 Å². The summed E-state index contributed by atoms with van der Waals surface area (Å²) in [6, 6.07) is 80.4. The summed E-state index contributed by atoms with van der Waals surface area (Å²) in [5, 5.41) is 13.0. The number of hydrogen-bond acceptors (Lipinski definition) is 2. The molecule has 0 spiro atoms. The van der Waals surface area contributed by atoms with Crippen molar-refractivity contribution in [3.63, 3.8) is 0 Å². The van der Waals surface area contributed by atoms with Crippen LogP contribution in [0.25, 0.3) is 87.3 Å². The number of fused-ring (bicyclic) bond motifs is 8. The van der Waals surface area contributed by atoms with Gasteiger partial charge in [0.05, 0.1) is 39.1 Å². The molecule has 0 bridgehead atoms. The highest BCUT2D eigenvalue weighted by Crippen LogP contribution is 2.54. The van der Waals surface area contributed by atoms with Crippen LogP contribution >= 0.6 is 0 Å². The lowest BCUT2D eigenvalue weighted by atomic mass is 9.83. The van der Waals surface area contributed by atoms with Gasteiger partial charge in [0.1, 0.15) is 0 Å². The molecule has 0 N–H and O–H groups in total. The van der Waals surface area contributed by atoms with E-state index in [2.05, 4.69) is 267 Å². The van der Waals surface area contributed by atoms with Crippen molar-refractivity contribution < 1.29 is 0 Å². The molecule has 422 valence electrons. The number of para-hydroxylation sites is 2. The van der Waals surface area contributed by atoms with Gasteiger partial charge >= 0.3 is 0 Å². The largest absolute Gasteiger partial charge is 0.310 e. The van der Waals surface area contributed by atoms with E-state index in [1.165, 1.54) is 192 Å². The fourth-order valence-corrected chi connectivity index (χ4v) is 15.7. The van der Waals surface area contributed by atoms with Gasteiger partial charge in [-0.3, -0.25) is 0 Å². The summed E-state index contributed by atoms with van der Waals surface area (Å²) in [6.45, 7) is 14.1. The van der Waals surface area contributed by atoms with Gasteiger partial charge < -0.3 is 18.9 Å². The molecule has 0 radical (unpaired) electrons. The summed E-state index contributed by atoms with van der Waals surface area (Å²) >= 11 is 0. The molecular weight excluding hydrogens is 1040 g/mol. The Hall–Kier alpha value is -9.12. The van der Waals surface area contributed by atoms with Crippen LogP contribution in [0.5, 0.6) is 0 Å². The molecule has 0 atom stereocenters. The van der Waals surface area contributed by atoms with Gasteiger partial charge in [0.2, 0.25) is 0 Å². The Morgan fingerprint density at radius 3 is 1.36 bits per heavy atom. The van der Waals surface area contributed by atoms with E-state index in [1.54, 1.807) is 0 Å². The highest BCUT2D eigenvalue weighted by Gasteiger charge is 2.31. The maximum Gasteiger partial charge on any atom is 0.0562 e. The molecule has 0 amide bonds. The maximum absolute atomic E-state index is 2.72. The lowest BCUT2D eigenvalue weighted by molar-refractivity contribution is 0.686. The molecule has 4 heteroatoms. The van der Waals surface area contributed by atoms with Crippen molar-refractivity contribution in [3.05, 3.63) is 251 Å². The van der Waals surface area contributed by atoms with Crippen LogP contribution in [-0.4, -0.2) is 9.13 Å². The number of anilines is 6. The summed E-state index contributed by atoms with van der Waals surface area (Å²) < 4.78 is 4.97. The lowest BCUT2D eigenvalue weighted by Crippen LogP contribution is -2.17. The van der Waals surface area contributed by atoms with Crippen molar-refractivity contribution in [2.24, 2.45) is 0 Å². The van der Waals surface area contributed by atoms with Crippen molar-refractivity contribution >= 4 is 110 Å². The second-order valence-corrected chi connectivity index (χ2v) is 25.4. The molecule has 0 unspecified atom stereocenters. The topological polar surface area (TPSA) is 16.3 Å². The second kappa shape index (κ2) is 20.8. The summed E-state index contributed by atoms with van der Waals surface area (Å²) in [5.74, 6) is 0.511. The van der Waals surface area contributed by atoms with Crippen molar-refractivity contribution in [1.29, 1.82) is 0 Å². The molecule has 86 heavy (non-hydrogen) atoms. The monoisotopic (exact) mass is 1110 g/mol. The van der Waals surface area contributed by atoms with Gasteiger partial charge in [-0.05, 0) is 233 Å². The summed E-state index contributed by atoms with van der Waals surface area (Å²) in [7, 11) is 0. The van der Waals surface area contributed by atoms with E-state index >= 15 is 0 Å². The molecule has 4 nitrogen and oxygen atoms in total. The first-order valence-corrected chi connectivity index (χ1v) is 32.1. The first kappa shape index (κ1) is 52.4. The first-order chi connectivity index (χ1) is 42.3. The zero-order valence-corrected chi connectivity index (χ0v) is 50.6. The zero-order valence-electron chi connectivity index (χ0n) is 50.6. The van der Waals surface area contributed by atoms with Gasteiger partial charge in [0.15, 0.2) is 0 Å². The minimum absolute atomic E-state index is 0.253. The third-order valence-corrected chi connectivity index (χ3v) is 19.9. The minimum Gasteiger partial charge on any atom is -0.310 e. The van der Waals surface area contributed by atoms with E-state index in [0.29, 0.717) is 0 Å². The van der Waals surface area contributed by atoms with E-state index < -0.39 is 0 Å². The van der Waals surface area contributed by atoms with Gasteiger partial charge in [0.25, 0.3) is 0 Å². The van der Waals surface area contributed by atoms with E-state index in [4.69, 9.17) is 0 Å². The van der Waals surface area contributed by atoms with Crippen molar-refractivity contribution in [2.45, 2.75) is 118 Å². The summed E-state index contributed by atoms with van der Waals surface area (Å²) in [5.41, 5.74) is 26.1. The van der Waals surface area contributed by atoms with Crippen LogP contribution in [0.4, 0.5) is 34.1 Å². The fraction of sp³-hybridized carbons (Fsp3) is 0.220.